The largest absolute Gasteiger partial charge is 0.476 e. The van der Waals surface area contributed by atoms with Gasteiger partial charge < -0.3 is 19.3 Å². The molecule has 8 nitrogen and oxygen atoms in total. The maximum Gasteiger partial charge on any atom is 0.217 e. The van der Waals surface area contributed by atoms with Gasteiger partial charge in [0.1, 0.15) is 6.61 Å². The van der Waals surface area contributed by atoms with Crippen molar-refractivity contribution in [3.05, 3.63) is 59.8 Å². The fourth-order valence-corrected chi connectivity index (χ4v) is 4.32. The van der Waals surface area contributed by atoms with Crippen molar-refractivity contribution in [2.75, 3.05) is 70.5 Å². The third kappa shape index (κ3) is 6.77. The predicted molar refractivity (Wildman–Crippen MR) is 135 cm³/mol. The molecule has 2 aliphatic heterocycles. The molecule has 0 spiro atoms. The molecule has 182 valence electrons. The summed E-state index contributed by atoms with van der Waals surface area (Å²) in [4.78, 5) is 11.6. The molecule has 0 aliphatic carbocycles. The van der Waals surface area contributed by atoms with Crippen molar-refractivity contribution in [1.82, 2.24) is 14.8 Å². The van der Waals surface area contributed by atoms with E-state index in [1.165, 1.54) is 11.3 Å². The number of nitrogens with zero attached hydrogens (tertiary/aromatic N) is 6. The zero-order chi connectivity index (χ0) is 23.8. The van der Waals surface area contributed by atoms with Gasteiger partial charge in [0.05, 0.1) is 19.8 Å². The first kappa shape index (κ1) is 24.2. The van der Waals surface area contributed by atoms with Crippen LogP contribution in [-0.2, 0) is 11.3 Å². The third-order valence-electron chi connectivity index (χ3n) is 6.24. The molecular formula is C26H36N6O2. The van der Waals surface area contributed by atoms with E-state index in [0.29, 0.717) is 24.8 Å². The normalized spacial score (nSPS) is 17.5. The molecule has 2 aliphatic rings. The second kappa shape index (κ2) is 11.9. The molecule has 0 bridgehead atoms. The summed E-state index contributed by atoms with van der Waals surface area (Å²) in [5.41, 5.74) is 4.57. The number of rotatable bonds is 9. The lowest BCUT2D eigenvalue weighted by molar-refractivity contribution is 0.122. The summed E-state index contributed by atoms with van der Waals surface area (Å²) in [5.74, 6) is 1.15. The zero-order valence-electron chi connectivity index (χ0n) is 20.4. The molecule has 0 saturated carbocycles. The minimum Gasteiger partial charge on any atom is -0.476 e. The topological polar surface area (TPSA) is 65.8 Å². The van der Waals surface area contributed by atoms with E-state index >= 15 is 0 Å². The molecule has 0 amide bonds. The number of ether oxygens (including phenoxy) is 2. The van der Waals surface area contributed by atoms with Crippen LogP contribution in [0.2, 0.25) is 0 Å². The maximum absolute atomic E-state index is 6.09. The van der Waals surface area contributed by atoms with Crippen LogP contribution < -0.4 is 9.64 Å². The zero-order valence-corrected chi connectivity index (χ0v) is 20.4. The van der Waals surface area contributed by atoms with Crippen LogP contribution in [0.5, 0.6) is 5.88 Å². The van der Waals surface area contributed by atoms with Crippen LogP contribution in [0.1, 0.15) is 18.1 Å². The standard InChI is InChI=1S/C26H36N6O2/c1-4-31-9-8-30(20-22(31)3)10-15-34-26-18-24(32-11-13-33-14-12-32)17-25(28-26)29-27-19-23-7-5-6-21(2)16-23/h5-7,16-18H,3-4,8-15,19-20H2,1-2H3. The van der Waals surface area contributed by atoms with Gasteiger partial charge in [-0.2, -0.15) is 10.1 Å². The molecule has 2 aromatic rings. The fraction of sp³-hybridized carbons (Fsp3) is 0.500. The van der Waals surface area contributed by atoms with Gasteiger partial charge >= 0.3 is 0 Å². The van der Waals surface area contributed by atoms with Crippen LogP contribution in [0.15, 0.2) is 58.9 Å². The molecule has 34 heavy (non-hydrogen) atoms. The van der Waals surface area contributed by atoms with E-state index in [4.69, 9.17) is 9.47 Å². The lowest BCUT2D eigenvalue weighted by Crippen LogP contribution is -2.45. The van der Waals surface area contributed by atoms with Gasteiger partial charge in [0.2, 0.25) is 5.88 Å². The number of anilines is 1. The van der Waals surface area contributed by atoms with Gasteiger partial charge in [-0.1, -0.05) is 36.4 Å². The van der Waals surface area contributed by atoms with Gasteiger partial charge in [-0.3, -0.25) is 4.90 Å². The van der Waals surface area contributed by atoms with Gasteiger partial charge in [-0.15, -0.1) is 5.11 Å². The number of likely N-dealkylation sites (N-methyl/N-ethyl adjacent to an activating group) is 1. The highest BCUT2D eigenvalue weighted by Gasteiger charge is 2.18. The summed E-state index contributed by atoms with van der Waals surface area (Å²) in [6.07, 6.45) is 0. The molecule has 0 radical (unpaired) electrons. The van der Waals surface area contributed by atoms with Gasteiger partial charge in [-0.25, -0.2) is 0 Å². The molecule has 3 heterocycles. The van der Waals surface area contributed by atoms with Gasteiger partial charge in [0, 0.05) is 69.3 Å². The second-order valence-electron chi connectivity index (χ2n) is 8.78. The second-order valence-corrected chi connectivity index (χ2v) is 8.78. The van der Waals surface area contributed by atoms with Crippen LogP contribution in [0.25, 0.3) is 0 Å². The van der Waals surface area contributed by atoms with Gasteiger partial charge in [0.25, 0.3) is 0 Å². The quantitative estimate of drug-likeness (QED) is 0.522. The number of hydrogen-bond donors (Lipinski definition) is 0. The molecular weight excluding hydrogens is 428 g/mol. The Kier molecular flexibility index (Phi) is 8.49. The number of morpholine rings is 1. The van der Waals surface area contributed by atoms with Crippen molar-refractivity contribution < 1.29 is 9.47 Å². The van der Waals surface area contributed by atoms with Crippen molar-refractivity contribution in [2.24, 2.45) is 10.2 Å². The summed E-state index contributed by atoms with van der Waals surface area (Å²) < 4.78 is 11.6. The van der Waals surface area contributed by atoms with E-state index in [0.717, 1.165) is 70.3 Å². The van der Waals surface area contributed by atoms with Gasteiger partial charge in [-0.05, 0) is 19.4 Å². The summed E-state index contributed by atoms with van der Waals surface area (Å²) in [5, 5.41) is 8.82. The molecule has 4 rings (SSSR count). The Labute approximate surface area is 202 Å². The summed E-state index contributed by atoms with van der Waals surface area (Å²) in [7, 11) is 0. The van der Waals surface area contributed by atoms with Crippen molar-refractivity contribution in [1.29, 1.82) is 0 Å². The molecule has 2 fully saturated rings. The Morgan fingerprint density at radius 3 is 2.74 bits per heavy atom. The average Bonchev–Trinajstić information content (AvgIpc) is 2.85. The van der Waals surface area contributed by atoms with E-state index in [-0.39, 0.29) is 0 Å². The number of aromatic nitrogens is 1. The lowest BCUT2D eigenvalue weighted by Gasteiger charge is -2.37. The maximum atomic E-state index is 6.09. The number of hydrogen-bond acceptors (Lipinski definition) is 8. The molecule has 0 unspecified atom stereocenters. The molecule has 8 heteroatoms. The molecule has 2 saturated heterocycles. The van der Waals surface area contributed by atoms with Crippen LogP contribution >= 0.6 is 0 Å². The summed E-state index contributed by atoms with van der Waals surface area (Å²) in [6.45, 7) is 17.5. The van der Waals surface area contributed by atoms with E-state index in [9.17, 15) is 0 Å². The fourth-order valence-electron chi connectivity index (χ4n) is 4.32. The summed E-state index contributed by atoms with van der Waals surface area (Å²) >= 11 is 0. The highest BCUT2D eigenvalue weighted by Crippen LogP contribution is 2.26. The third-order valence-corrected chi connectivity index (χ3v) is 6.24. The SMILES string of the molecule is C=C1CN(CCOc2cc(N3CCOCC3)cc(N=NCc3cccc(C)c3)n2)CCN1CC. The highest BCUT2D eigenvalue weighted by atomic mass is 16.5. The highest BCUT2D eigenvalue weighted by molar-refractivity contribution is 5.55. The molecule has 0 atom stereocenters. The number of piperazine rings is 1. The van der Waals surface area contributed by atoms with Crippen LogP contribution in [-0.4, -0.2) is 80.4 Å². The molecule has 0 N–H and O–H groups in total. The van der Waals surface area contributed by atoms with Crippen molar-refractivity contribution in [2.45, 2.75) is 20.4 Å². The number of azo groups is 1. The Balaban J connectivity index is 1.40. The monoisotopic (exact) mass is 464 g/mol. The summed E-state index contributed by atoms with van der Waals surface area (Å²) in [6, 6.07) is 12.3. The lowest BCUT2D eigenvalue weighted by atomic mass is 10.1. The smallest absolute Gasteiger partial charge is 0.217 e. The molecule has 1 aromatic heterocycles. The first-order valence-electron chi connectivity index (χ1n) is 12.2. The van der Waals surface area contributed by atoms with Crippen LogP contribution in [0.3, 0.4) is 0 Å². The number of pyridine rings is 1. The minimum absolute atomic E-state index is 0.523. The first-order valence-corrected chi connectivity index (χ1v) is 12.2. The Bertz CT molecular complexity index is 989. The molecule has 1 aromatic carbocycles. The first-order chi connectivity index (χ1) is 16.6. The Morgan fingerprint density at radius 2 is 1.97 bits per heavy atom. The number of benzene rings is 1. The Morgan fingerprint density at radius 1 is 1.12 bits per heavy atom. The Hall–Kier alpha value is -2.97. The van der Waals surface area contributed by atoms with Crippen molar-refractivity contribution in [3.8, 4) is 5.88 Å². The van der Waals surface area contributed by atoms with E-state index in [2.05, 4.69) is 68.5 Å². The van der Waals surface area contributed by atoms with E-state index in [1.54, 1.807) is 0 Å². The van der Waals surface area contributed by atoms with E-state index < -0.39 is 0 Å². The predicted octanol–water partition coefficient (Wildman–Crippen LogP) is 4.04. The van der Waals surface area contributed by atoms with Crippen LogP contribution in [0, 0.1) is 6.92 Å². The minimum atomic E-state index is 0.523. The van der Waals surface area contributed by atoms with E-state index in [1.807, 2.05) is 18.2 Å². The van der Waals surface area contributed by atoms with Gasteiger partial charge in [0.15, 0.2) is 5.82 Å². The van der Waals surface area contributed by atoms with Crippen LogP contribution in [0.4, 0.5) is 11.5 Å². The number of aryl methyl sites for hydroxylation is 1. The average molecular weight is 465 g/mol. The van der Waals surface area contributed by atoms with Crippen molar-refractivity contribution in [3.63, 3.8) is 0 Å². The van der Waals surface area contributed by atoms with Crippen molar-refractivity contribution >= 4 is 11.5 Å².